The summed E-state index contributed by atoms with van der Waals surface area (Å²) in [5.74, 6) is -1.62. The first-order valence-corrected chi connectivity index (χ1v) is 12.5. The minimum absolute atomic E-state index is 0.0679. The lowest BCUT2D eigenvalue weighted by Gasteiger charge is -2.24. The number of halogens is 2. The van der Waals surface area contributed by atoms with Crippen molar-refractivity contribution in [2.75, 3.05) is 4.90 Å². The molecule has 0 bridgehead atoms. The number of hydrogen-bond acceptors (Lipinski definition) is 6. The van der Waals surface area contributed by atoms with Gasteiger partial charge in [-0.1, -0.05) is 39.7 Å². The second-order valence-corrected chi connectivity index (χ2v) is 11.4. The Balaban J connectivity index is 1.94. The molecule has 2 aromatic carbocycles. The SMILES string of the molecule is Cc1nc(N2C(=O)C(O)=C(S(=O)(=O)c3ccc(Cl)cc3)[C@H]2c2ccc(Br)cc2)sc1C. The molecule has 0 saturated heterocycles. The van der Waals surface area contributed by atoms with Crippen LogP contribution in [0.15, 0.2) is 68.6 Å². The standard InChI is InChI=1S/C21H16BrClN2O4S2/c1-11-12(2)30-21(24-11)25-17(13-3-5-14(22)6-4-13)19(18(26)20(25)27)31(28,29)16-9-7-15(23)8-10-16/h3-10,17,26H,1-2H3/t17-/m1/s1. The summed E-state index contributed by atoms with van der Waals surface area (Å²) < 4.78 is 27.9. The number of nitrogens with zero attached hydrogens (tertiary/aromatic N) is 2. The molecule has 1 aromatic heterocycles. The second kappa shape index (κ2) is 8.05. The fraction of sp³-hybridized carbons (Fsp3) is 0.143. The molecule has 0 saturated carbocycles. The first kappa shape index (κ1) is 22.0. The topological polar surface area (TPSA) is 87.6 Å². The first-order chi connectivity index (χ1) is 14.6. The number of thiazole rings is 1. The lowest BCUT2D eigenvalue weighted by Crippen LogP contribution is -2.31. The van der Waals surface area contributed by atoms with Crippen molar-refractivity contribution >= 4 is 59.7 Å². The Hall–Kier alpha value is -2.20. The molecule has 2 heterocycles. The molecule has 0 radical (unpaired) electrons. The van der Waals surface area contributed by atoms with E-state index in [0.717, 1.165) is 15.0 Å². The van der Waals surface area contributed by atoms with E-state index in [0.29, 0.717) is 15.7 Å². The Kier molecular flexibility index (Phi) is 5.72. The van der Waals surface area contributed by atoms with Gasteiger partial charge in [-0.05, 0) is 55.8 Å². The maximum Gasteiger partial charge on any atom is 0.296 e. The van der Waals surface area contributed by atoms with Gasteiger partial charge in [0.15, 0.2) is 10.9 Å². The van der Waals surface area contributed by atoms with Crippen molar-refractivity contribution in [2.24, 2.45) is 0 Å². The van der Waals surface area contributed by atoms with Crippen LogP contribution in [0, 0.1) is 13.8 Å². The zero-order valence-corrected chi connectivity index (χ0v) is 20.3. The average molecular weight is 540 g/mol. The quantitative estimate of drug-likeness (QED) is 0.472. The number of rotatable bonds is 4. The lowest BCUT2D eigenvalue weighted by atomic mass is 10.1. The van der Waals surface area contributed by atoms with Crippen LogP contribution in [-0.4, -0.2) is 24.4 Å². The Morgan fingerprint density at radius 3 is 2.26 bits per heavy atom. The fourth-order valence-corrected chi connectivity index (χ4v) is 6.25. The molecule has 10 heteroatoms. The maximum atomic E-state index is 13.5. The highest BCUT2D eigenvalue weighted by Gasteiger charge is 2.48. The van der Waals surface area contributed by atoms with Crippen molar-refractivity contribution in [1.29, 1.82) is 0 Å². The Bertz CT molecular complexity index is 1300. The number of anilines is 1. The van der Waals surface area contributed by atoms with E-state index in [2.05, 4.69) is 20.9 Å². The summed E-state index contributed by atoms with van der Waals surface area (Å²) >= 11 is 10.5. The van der Waals surface area contributed by atoms with Crippen molar-refractivity contribution in [3.8, 4) is 0 Å². The number of aliphatic hydroxyl groups excluding tert-OH is 1. The number of aryl methyl sites for hydroxylation is 2. The first-order valence-electron chi connectivity index (χ1n) is 9.08. The highest BCUT2D eigenvalue weighted by Crippen LogP contribution is 2.46. The van der Waals surface area contributed by atoms with Gasteiger partial charge in [0.1, 0.15) is 10.9 Å². The number of carbonyl (C=O) groups excluding carboxylic acids is 1. The van der Waals surface area contributed by atoms with Crippen molar-refractivity contribution in [3.63, 3.8) is 0 Å². The van der Waals surface area contributed by atoms with E-state index in [1.165, 1.54) is 40.5 Å². The van der Waals surface area contributed by atoms with Crippen LogP contribution in [0.2, 0.25) is 5.02 Å². The third-order valence-corrected chi connectivity index (χ3v) is 8.73. The Labute approximate surface area is 196 Å². The summed E-state index contributed by atoms with van der Waals surface area (Å²) in [5.41, 5.74) is 1.26. The van der Waals surface area contributed by atoms with E-state index in [4.69, 9.17) is 11.6 Å². The van der Waals surface area contributed by atoms with E-state index in [9.17, 15) is 18.3 Å². The van der Waals surface area contributed by atoms with Gasteiger partial charge in [-0.2, -0.15) is 0 Å². The van der Waals surface area contributed by atoms with Crippen LogP contribution in [0.1, 0.15) is 22.2 Å². The van der Waals surface area contributed by atoms with Crippen LogP contribution < -0.4 is 4.90 Å². The molecule has 6 nitrogen and oxygen atoms in total. The largest absolute Gasteiger partial charge is 0.502 e. The lowest BCUT2D eigenvalue weighted by molar-refractivity contribution is -0.117. The van der Waals surface area contributed by atoms with Gasteiger partial charge in [-0.15, -0.1) is 11.3 Å². The second-order valence-electron chi connectivity index (χ2n) is 6.94. The van der Waals surface area contributed by atoms with Crippen LogP contribution in [-0.2, 0) is 14.6 Å². The average Bonchev–Trinajstić information content (AvgIpc) is 3.19. The molecule has 31 heavy (non-hydrogen) atoms. The monoisotopic (exact) mass is 538 g/mol. The normalized spacial score (nSPS) is 17.0. The van der Waals surface area contributed by atoms with Gasteiger partial charge in [-0.3, -0.25) is 9.69 Å². The molecule has 4 rings (SSSR count). The Morgan fingerprint density at radius 1 is 1.10 bits per heavy atom. The van der Waals surface area contributed by atoms with Crippen LogP contribution in [0.3, 0.4) is 0 Å². The van der Waals surface area contributed by atoms with Crippen molar-refractivity contribution in [2.45, 2.75) is 24.8 Å². The summed E-state index contributed by atoms with van der Waals surface area (Å²) in [6, 6.07) is 11.4. The van der Waals surface area contributed by atoms with Crippen LogP contribution >= 0.6 is 38.9 Å². The van der Waals surface area contributed by atoms with E-state index in [-0.39, 0.29) is 9.80 Å². The van der Waals surface area contributed by atoms with Crippen LogP contribution in [0.5, 0.6) is 0 Å². The van der Waals surface area contributed by atoms with Gasteiger partial charge in [0.05, 0.1) is 10.6 Å². The van der Waals surface area contributed by atoms with Crippen LogP contribution in [0.4, 0.5) is 5.13 Å². The molecule has 1 amide bonds. The van der Waals surface area contributed by atoms with Crippen molar-refractivity contribution in [3.05, 3.63) is 84.8 Å². The molecule has 1 N–H and O–H groups in total. The summed E-state index contributed by atoms with van der Waals surface area (Å²) in [6.07, 6.45) is 0. The number of amides is 1. The van der Waals surface area contributed by atoms with E-state index >= 15 is 0 Å². The number of benzene rings is 2. The number of hydrogen-bond donors (Lipinski definition) is 1. The summed E-state index contributed by atoms with van der Waals surface area (Å²) in [5, 5.41) is 11.4. The third-order valence-electron chi connectivity index (χ3n) is 4.98. The molecule has 0 unspecified atom stereocenters. The number of sulfone groups is 1. The van der Waals surface area contributed by atoms with Gasteiger partial charge >= 0.3 is 0 Å². The molecule has 160 valence electrons. The van der Waals surface area contributed by atoms with E-state index < -0.39 is 27.5 Å². The molecule has 1 atom stereocenters. The minimum Gasteiger partial charge on any atom is -0.502 e. The van der Waals surface area contributed by atoms with Gasteiger partial charge in [-0.25, -0.2) is 13.4 Å². The molecular weight excluding hydrogens is 524 g/mol. The van der Waals surface area contributed by atoms with E-state index in [1.54, 1.807) is 24.3 Å². The van der Waals surface area contributed by atoms with Crippen molar-refractivity contribution in [1.82, 2.24) is 4.98 Å². The fourth-order valence-electron chi connectivity index (χ4n) is 3.30. The number of aromatic nitrogens is 1. The Morgan fingerprint density at radius 2 is 1.71 bits per heavy atom. The summed E-state index contributed by atoms with van der Waals surface area (Å²) in [6.45, 7) is 3.67. The molecule has 3 aromatic rings. The molecule has 0 aliphatic carbocycles. The van der Waals surface area contributed by atoms with E-state index in [1.807, 2.05) is 13.8 Å². The number of aliphatic hydroxyl groups is 1. The maximum absolute atomic E-state index is 13.5. The molecular formula is C21H16BrClN2O4S2. The predicted molar refractivity (Wildman–Crippen MR) is 124 cm³/mol. The smallest absolute Gasteiger partial charge is 0.296 e. The van der Waals surface area contributed by atoms with Gasteiger partial charge in [0.2, 0.25) is 9.84 Å². The predicted octanol–water partition coefficient (Wildman–Crippen LogP) is 5.51. The molecule has 0 fully saturated rings. The highest BCUT2D eigenvalue weighted by atomic mass is 79.9. The van der Waals surface area contributed by atoms with Gasteiger partial charge in [0, 0.05) is 14.4 Å². The summed E-state index contributed by atoms with van der Waals surface area (Å²) in [7, 11) is -4.22. The minimum atomic E-state index is -4.22. The summed E-state index contributed by atoms with van der Waals surface area (Å²) in [4.78, 5) is 19.2. The van der Waals surface area contributed by atoms with Gasteiger partial charge < -0.3 is 5.11 Å². The van der Waals surface area contributed by atoms with Crippen molar-refractivity contribution < 1.29 is 18.3 Å². The zero-order chi connectivity index (χ0) is 22.5. The highest BCUT2D eigenvalue weighted by molar-refractivity contribution is 9.10. The third kappa shape index (κ3) is 3.80. The zero-order valence-electron chi connectivity index (χ0n) is 16.3. The van der Waals surface area contributed by atoms with Gasteiger partial charge in [0.25, 0.3) is 5.91 Å². The number of carbonyl (C=O) groups is 1. The van der Waals surface area contributed by atoms with Crippen LogP contribution in [0.25, 0.3) is 0 Å². The molecule has 1 aliphatic rings. The molecule has 1 aliphatic heterocycles. The molecule has 0 spiro atoms.